The Labute approximate surface area is 143 Å². The summed E-state index contributed by atoms with van der Waals surface area (Å²) < 4.78 is 22.3. The van der Waals surface area contributed by atoms with Gasteiger partial charge in [0.1, 0.15) is 12.8 Å². The Balaban J connectivity index is 1.71. The number of rotatable bonds is 5. The van der Waals surface area contributed by atoms with Gasteiger partial charge in [-0.25, -0.2) is 14.0 Å². The monoisotopic (exact) mass is 351 g/mol. The van der Waals surface area contributed by atoms with Crippen molar-refractivity contribution in [1.29, 1.82) is 0 Å². The fraction of sp³-hybridized carbons (Fsp3) is 0.438. The molecule has 25 heavy (non-hydrogen) atoms. The molecular formula is C16H18FN3O5. The smallest absolute Gasteiger partial charge is 0.414 e. The zero-order chi connectivity index (χ0) is 18.0. The van der Waals surface area contributed by atoms with Crippen LogP contribution in [0.3, 0.4) is 0 Å². The van der Waals surface area contributed by atoms with Crippen LogP contribution in [0, 0.1) is 0 Å². The Hall–Kier alpha value is -2.84. The van der Waals surface area contributed by atoms with E-state index in [2.05, 4.69) is 10.1 Å². The third kappa shape index (κ3) is 3.35. The van der Waals surface area contributed by atoms with E-state index in [1.54, 1.807) is 18.2 Å². The van der Waals surface area contributed by atoms with Crippen LogP contribution in [-0.4, -0.2) is 57.6 Å². The standard InChI is InChI=1S/C16H18FN3O5/c1-24-15(22)18-8-12-9-20(16(23)25-12)11-2-3-13-10(6-11)7-14(21)19(13)5-4-17/h2-3,6,12H,4-5,7-9H2,1H3,(H,18,22). The number of methoxy groups -OCH3 is 1. The van der Waals surface area contributed by atoms with Crippen molar-refractivity contribution in [3.63, 3.8) is 0 Å². The molecule has 0 aliphatic carbocycles. The number of halogens is 1. The number of ether oxygens (including phenoxy) is 2. The molecule has 1 N–H and O–H groups in total. The molecule has 0 saturated carbocycles. The average Bonchev–Trinajstić information content (AvgIpc) is 3.12. The molecule has 1 unspecified atom stereocenters. The minimum atomic E-state index is -0.611. The second-order valence-corrected chi connectivity index (χ2v) is 5.71. The maximum Gasteiger partial charge on any atom is 0.414 e. The molecule has 1 aromatic rings. The quantitative estimate of drug-likeness (QED) is 0.862. The molecule has 0 bridgehead atoms. The molecule has 2 aliphatic heterocycles. The second kappa shape index (κ2) is 6.96. The number of nitrogens with one attached hydrogen (secondary N) is 1. The molecule has 0 radical (unpaired) electrons. The summed E-state index contributed by atoms with van der Waals surface area (Å²) in [6, 6.07) is 5.14. The van der Waals surface area contributed by atoms with Crippen LogP contribution >= 0.6 is 0 Å². The summed E-state index contributed by atoms with van der Waals surface area (Å²) in [4.78, 5) is 38.0. The van der Waals surface area contributed by atoms with Gasteiger partial charge in [0.15, 0.2) is 0 Å². The maximum atomic E-state index is 12.6. The number of alkyl carbamates (subject to hydrolysis) is 1. The molecule has 0 spiro atoms. The van der Waals surface area contributed by atoms with Crippen LogP contribution in [0.2, 0.25) is 0 Å². The number of hydrogen-bond donors (Lipinski definition) is 1. The van der Waals surface area contributed by atoms with Crippen LogP contribution in [-0.2, 0) is 20.7 Å². The second-order valence-electron chi connectivity index (χ2n) is 5.71. The summed E-state index contributed by atoms with van der Waals surface area (Å²) >= 11 is 0. The minimum absolute atomic E-state index is 0.0260. The predicted octanol–water partition coefficient (Wildman–Crippen LogP) is 1.23. The van der Waals surface area contributed by atoms with Crippen molar-refractivity contribution < 1.29 is 28.2 Å². The van der Waals surface area contributed by atoms with Crippen LogP contribution < -0.4 is 15.1 Å². The molecule has 2 heterocycles. The molecule has 3 amide bonds. The van der Waals surface area contributed by atoms with Gasteiger partial charge >= 0.3 is 12.2 Å². The lowest BCUT2D eigenvalue weighted by Gasteiger charge is -2.17. The SMILES string of the molecule is COC(=O)NCC1CN(c2ccc3c(c2)CC(=O)N3CCF)C(=O)O1. The summed E-state index contributed by atoms with van der Waals surface area (Å²) in [5.74, 6) is -0.158. The topological polar surface area (TPSA) is 88.2 Å². The van der Waals surface area contributed by atoms with E-state index in [1.165, 1.54) is 16.9 Å². The molecular weight excluding hydrogens is 333 g/mol. The zero-order valence-electron chi connectivity index (χ0n) is 13.7. The number of carbonyl (C=O) groups is 3. The van der Waals surface area contributed by atoms with Crippen molar-refractivity contribution in [2.24, 2.45) is 0 Å². The van der Waals surface area contributed by atoms with E-state index in [9.17, 15) is 18.8 Å². The number of benzene rings is 1. The highest BCUT2D eigenvalue weighted by Crippen LogP contribution is 2.33. The molecule has 9 heteroatoms. The first-order valence-corrected chi connectivity index (χ1v) is 7.82. The van der Waals surface area contributed by atoms with Crippen molar-refractivity contribution in [3.05, 3.63) is 23.8 Å². The summed E-state index contributed by atoms with van der Waals surface area (Å²) in [5.41, 5.74) is 2.02. The maximum absolute atomic E-state index is 12.6. The molecule has 1 atom stereocenters. The summed E-state index contributed by atoms with van der Waals surface area (Å²) in [7, 11) is 1.25. The van der Waals surface area contributed by atoms with Crippen molar-refractivity contribution in [1.82, 2.24) is 5.32 Å². The lowest BCUT2D eigenvalue weighted by atomic mass is 10.1. The Morgan fingerprint density at radius 2 is 2.24 bits per heavy atom. The van der Waals surface area contributed by atoms with E-state index < -0.39 is 25.0 Å². The first-order chi connectivity index (χ1) is 12.0. The summed E-state index contributed by atoms with van der Waals surface area (Å²) in [5, 5.41) is 2.48. The first kappa shape index (κ1) is 17.0. The van der Waals surface area contributed by atoms with E-state index in [4.69, 9.17) is 4.74 Å². The van der Waals surface area contributed by atoms with Crippen LogP contribution in [0.1, 0.15) is 5.56 Å². The van der Waals surface area contributed by atoms with Crippen molar-refractivity contribution in [2.75, 3.05) is 43.2 Å². The van der Waals surface area contributed by atoms with Crippen LogP contribution in [0.15, 0.2) is 18.2 Å². The van der Waals surface area contributed by atoms with Crippen LogP contribution in [0.5, 0.6) is 0 Å². The largest absolute Gasteiger partial charge is 0.453 e. The normalized spacial score (nSPS) is 19.0. The van der Waals surface area contributed by atoms with Gasteiger partial charge in [-0.05, 0) is 23.8 Å². The van der Waals surface area contributed by atoms with Gasteiger partial charge in [0.2, 0.25) is 5.91 Å². The van der Waals surface area contributed by atoms with Crippen molar-refractivity contribution in [2.45, 2.75) is 12.5 Å². The highest BCUT2D eigenvalue weighted by atomic mass is 19.1. The lowest BCUT2D eigenvalue weighted by Crippen LogP contribution is -2.34. The van der Waals surface area contributed by atoms with Gasteiger partial charge in [-0.2, -0.15) is 0 Å². The van der Waals surface area contributed by atoms with Crippen LogP contribution in [0.25, 0.3) is 0 Å². The molecule has 1 aromatic carbocycles. The average molecular weight is 351 g/mol. The lowest BCUT2D eigenvalue weighted by molar-refractivity contribution is -0.117. The Bertz CT molecular complexity index is 711. The van der Waals surface area contributed by atoms with E-state index in [0.717, 1.165) is 5.56 Å². The molecule has 0 aromatic heterocycles. The van der Waals surface area contributed by atoms with E-state index >= 15 is 0 Å². The Morgan fingerprint density at radius 3 is 2.96 bits per heavy atom. The fourth-order valence-electron chi connectivity index (χ4n) is 2.98. The van der Waals surface area contributed by atoms with Gasteiger partial charge in [-0.1, -0.05) is 0 Å². The molecule has 1 saturated heterocycles. The van der Waals surface area contributed by atoms with Gasteiger partial charge in [0.25, 0.3) is 0 Å². The van der Waals surface area contributed by atoms with Crippen molar-refractivity contribution in [3.8, 4) is 0 Å². The van der Waals surface area contributed by atoms with E-state index in [1.807, 2.05) is 0 Å². The number of hydrogen-bond acceptors (Lipinski definition) is 5. The molecule has 8 nitrogen and oxygen atoms in total. The number of amides is 3. The van der Waals surface area contributed by atoms with Gasteiger partial charge < -0.3 is 19.7 Å². The van der Waals surface area contributed by atoms with Gasteiger partial charge in [-0.15, -0.1) is 0 Å². The molecule has 3 rings (SSSR count). The number of nitrogens with zero attached hydrogens (tertiary/aromatic N) is 2. The fourth-order valence-corrected chi connectivity index (χ4v) is 2.98. The Morgan fingerprint density at radius 1 is 1.44 bits per heavy atom. The number of carbonyl (C=O) groups excluding carboxylic acids is 3. The first-order valence-electron chi connectivity index (χ1n) is 7.82. The zero-order valence-corrected chi connectivity index (χ0v) is 13.7. The van der Waals surface area contributed by atoms with E-state index in [-0.39, 0.29) is 32.0 Å². The highest BCUT2D eigenvalue weighted by molar-refractivity contribution is 6.02. The number of fused-ring (bicyclic) bond motifs is 1. The summed E-state index contributed by atoms with van der Waals surface area (Å²) in [6.45, 7) is -0.176. The minimum Gasteiger partial charge on any atom is -0.453 e. The Kier molecular flexibility index (Phi) is 4.73. The molecule has 2 aliphatic rings. The predicted molar refractivity (Wildman–Crippen MR) is 86.5 cm³/mol. The number of anilines is 2. The van der Waals surface area contributed by atoms with Gasteiger partial charge in [0.05, 0.1) is 33.2 Å². The number of alkyl halides is 1. The van der Waals surface area contributed by atoms with E-state index in [0.29, 0.717) is 11.4 Å². The molecule has 1 fully saturated rings. The highest BCUT2D eigenvalue weighted by Gasteiger charge is 2.34. The third-order valence-electron chi connectivity index (χ3n) is 4.15. The third-order valence-corrected chi connectivity index (χ3v) is 4.15. The van der Waals surface area contributed by atoms with Gasteiger partial charge in [-0.3, -0.25) is 9.69 Å². The number of cyclic esters (lactones) is 1. The van der Waals surface area contributed by atoms with Gasteiger partial charge in [0, 0.05) is 11.4 Å². The molecule has 134 valence electrons. The van der Waals surface area contributed by atoms with Crippen LogP contribution in [0.4, 0.5) is 25.4 Å². The summed E-state index contributed by atoms with van der Waals surface area (Å²) in [6.07, 6.45) is -1.44. The van der Waals surface area contributed by atoms with Crippen molar-refractivity contribution >= 4 is 29.5 Å².